The molecule has 1 unspecified atom stereocenters. The van der Waals surface area contributed by atoms with Crippen molar-refractivity contribution in [1.82, 2.24) is 10.4 Å². The summed E-state index contributed by atoms with van der Waals surface area (Å²) >= 11 is 0. The molecule has 1 amide bonds. The molecule has 1 aromatic heterocycles. The van der Waals surface area contributed by atoms with Crippen molar-refractivity contribution < 1.29 is 15.0 Å². The summed E-state index contributed by atoms with van der Waals surface area (Å²) in [5.74, 6) is -0.351. The van der Waals surface area contributed by atoms with Crippen molar-refractivity contribution in [3.8, 4) is 11.5 Å². The Morgan fingerprint density at radius 2 is 2.08 bits per heavy atom. The molecular formula is C18H22N4O3. The van der Waals surface area contributed by atoms with E-state index in [9.17, 15) is 15.0 Å². The van der Waals surface area contributed by atoms with Crippen LogP contribution in [0.25, 0.3) is 0 Å². The number of rotatable bonds is 6. The van der Waals surface area contributed by atoms with Gasteiger partial charge in [-0.1, -0.05) is 6.92 Å². The summed E-state index contributed by atoms with van der Waals surface area (Å²) in [5.41, 5.74) is 4.60. The molecule has 0 bridgehead atoms. The summed E-state index contributed by atoms with van der Waals surface area (Å²) < 4.78 is 0. The van der Waals surface area contributed by atoms with Crippen molar-refractivity contribution in [3.63, 3.8) is 0 Å². The van der Waals surface area contributed by atoms with Gasteiger partial charge < -0.3 is 15.5 Å². The Morgan fingerprint density at radius 1 is 1.32 bits per heavy atom. The van der Waals surface area contributed by atoms with Crippen LogP contribution in [0.3, 0.4) is 0 Å². The molecule has 0 aliphatic heterocycles. The van der Waals surface area contributed by atoms with Crippen molar-refractivity contribution in [1.29, 1.82) is 0 Å². The number of phenols is 2. The Bertz CT molecular complexity index is 775. The van der Waals surface area contributed by atoms with Gasteiger partial charge in [-0.25, -0.2) is 5.43 Å². The fraction of sp³-hybridized carbons (Fsp3) is 0.278. The minimum absolute atomic E-state index is 0.00929. The predicted octanol–water partition coefficient (Wildman–Crippen LogP) is 2.53. The maximum Gasteiger partial charge on any atom is 0.262 e. The lowest BCUT2D eigenvalue weighted by molar-refractivity contribution is -0.121. The lowest BCUT2D eigenvalue weighted by Crippen LogP contribution is -2.35. The number of benzene rings is 1. The third-order valence-corrected chi connectivity index (χ3v) is 3.79. The number of carbonyl (C=O) groups excluding carboxylic acids is 1. The number of hydrazone groups is 1. The fourth-order valence-electron chi connectivity index (χ4n) is 2.24. The largest absolute Gasteiger partial charge is 0.508 e. The fourth-order valence-corrected chi connectivity index (χ4v) is 2.24. The van der Waals surface area contributed by atoms with Crippen molar-refractivity contribution >= 4 is 17.3 Å². The van der Waals surface area contributed by atoms with Crippen LogP contribution < -0.4 is 10.7 Å². The van der Waals surface area contributed by atoms with Crippen LogP contribution >= 0.6 is 0 Å². The van der Waals surface area contributed by atoms with E-state index in [1.54, 1.807) is 38.4 Å². The van der Waals surface area contributed by atoms with Crippen molar-refractivity contribution in [3.05, 3.63) is 47.8 Å². The number of nitrogens with one attached hydrogen (secondary N) is 2. The van der Waals surface area contributed by atoms with Crippen LogP contribution in [0.5, 0.6) is 11.5 Å². The molecule has 7 heteroatoms. The van der Waals surface area contributed by atoms with E-state index < -0.39 is 6.04 Å². The normalized spacial score (nSPS) is 12.5. The number of phenolic OH excluding ortho intramolecular Hbond substituents is 2. The SMILES string of the molecule is CC/C(=N\NC(=O)C(C)Nc1cccnc1)c1ccc(O)c(C)c1O. The molecule has 0 aliphatic rings. The van der Waals surface area contributed by atoms with Crippen LogP contribution in [0.1, 0.15) is 31.4 Å². The zero-order valence-electron chi connectivity index (χ0n) is 14.4. The van der Waals surface area contributed by atoms with Crippen molar-refractivity contribution in [2.24, 2.45) is 5.10 Å². The number of nitrogens with zero attached hydrogens (tertiary/aromatic N) is 2. The Labute approximate surface area is 146 Å². The number of hydrogen-bond acceptors (Lipinski definition) is 6. The Kier molecular flexibility index (Phi) is 5.94. The van der Waals surface area contributed by atoms with Gasteiger partial charge in [-0.3, -0.25) is 9.78 Å². The average Bonchev–Trinajstić information content (AvgIpc) is 2.62. The van der Waals surface area contributed by atoms with Gasteiger partial charge in [0.15, 0.2) is 0 Å². The van der Waals surface area contributed by atoms with Crippen LogP contribution in [0.4, 0.5) is 5.69 Å². The second-order valence-electron chi connectivity index (χ2n) is 5.60. The number of anilines is 1. The Hall–Kier alpha value is -3.09. The molecule has 0 fully saturated rings. The monoisotopic (exact) mass is 342 g/mol. The summed E-state index contributed by atoms with van der Waals surface area (Å²) in [6, 6.07) is 6.14. The highest BCUT2D eigenvalue weighted by Gasteiger charge is 2.15. The predicted molar refractivity (Wildman–Crippen MR) is 96.8 cm³/mol. The van der Waals surface area contributed by atoms with Crippen molar-refractivity contribution in [2.75, 3.05) is 5.32 Å². The van der Waals surface area contributed by atoms with E-state index >= 15 is 0 Å². The molecule has 1 heterocycles. The highest BCUT2D eigenvalue weighted by molar-refractivity contribution is 6.03. The second-order valence-corrected chi connectivity index (χ2v) is 5.60. The third-order valence-electron chi connectivity index (χ3n) is 3.79. The van der Waals surface area contributed by atoms with Crippen LogP contribution in [0.15, 0.2) is 41.8 Å². The highest BCUT2D eigenvalue weighted by atomic mass is 16.3. The molecule has 1 atom stereocenters. The molecule has 2 aromatic rings. The Balaban J connectivity index is 2.10. The smallest absolute Gasteiger partial charge is 0.262 e. The third kappa shape index (κ3) is 4.47. The molecule has 0 radical (unpaired) electrons. The van der Waals surface area contributed by atoms with E-state index in [4.69, 9.17) is 0 Å². The minimum Gasteiger partial charge on any atom is -0.508 e. The standard InChI is InChI=1S/C18H22N4O3/c1-4-15(14-7-8-16(23)11(2)17(14)24)21-22-18(25)12(3)20-13-6-5-9-19-10-13/h5-10,12,20,23-24H,4H2,1-3H3,(H,22,25)/b21-15+. The van der Waals surface area contributed by atoms with Crippen molar-refractivity contribution in [2.45, 2.75) is 33.2 Å². The lowest BCUT2D eigenvalue weighted by Gasteiger charge is -2.14. The summed E-state index contributed by atoms with van der Waals surface area (Å²) in [4.78, 5) is 16.2. The second kappa shape index (κ2) is 8.14. The first-order valence-corrected chi connectivity index (χ1v) is 7.99. The van der Waals surface area contributed by atoms with E-state index in [0.29, 0.717) is 23.3 Å². The Morgan fingerprint density at radius 3 is 2.72 bits per heavy atom. The van der Waals surface area contributed by atoms with Gasteiger partial charge in [-0.2, -0.15) is 5.10 Å². The molecule has 4 N–H and O–H groups in total. The molecule has 132 valence electrons. The molecule has 0 saturated carbocycles. The molecule has 1 aromatic carbocycles. The zero-order chi connectivity index (χ0) is 18.4. The topological polar surface area (TPSA) is 107 Å². The van der Waals surface area contributed by atoms with Gasteiger partial charge in [-0.15, -0.1) is 0 Å². The van der Waals surface area contributed by atoms with E-state index in [1.807, 2.05) is 13.0 Å². The molecule has 0 saturated heterocycles. The van der Waals surface area contributed by atoms with E-state index in [2.05, 4.69) is 20.8 Å². The summed E-state index contributed by atoms with van der Waals surface area (Å²) in [6.45, 7) is 5.19. The van der Waals surface area contributed by atoms with Crippen LogP contribution in [-0.2, 0) is 4.79 Å². The highest BCUT2D eigenvalue weighted by Crippen LogP contribution is 2.30. The molecule has 0 aliphatic carbocycles. The van der Waals surface area contributed by atoms with E-state index in [1.165, 1.54) is 6.07 Å². The van der Waals surface area contributed by atoms with E-state index in [0.717, 1.165) is 5.69 Å². The number of aromatic hydroxyl groups is 2. The molecular weight excluding hydrogens is 320 g/mol. The van der Waals surface area contributed by atoms with Crippen LogP contribution in [0.2, 0.25) is 0 Å². The number of hydrogen-bond donors (Lipinski definition) is 4. The number of amides is 1. The van der Waals surface area contributed by atoms with E-state index in [-0.39, 0.29) is 17.4 Å². The van der Waals surface area contributed by atoms with Gasteiger partial charge in [0.1, 0.15) is 17.5 Å². The van der Waals surface area contributed by atoms with Gasteiger partial charge >= 0.3 is 0 Å². The van der Waals surface area contributed by atoms with Gasteiger partial charge in [0, 0.05) is 23.5 Å². The number of aromatic nitrogens is 1. The average molecular weight is 342 g/mol. The molecule has 25 heavy (non-hydrogen) atoms. The van der Waals surface area contributed by atoms with Gasteiger partial charge in [0.05, 0.1) is 11.4 Å². The van der Waals surface area contributed by atoms with Gasteiger partial charge in [0.25, 0.3) is 5.91 Å². The first-order valence-electron chi connectivity index (χ1n) is 7.99. The first kappa shape index (κ1) is 18.3. The van der Waals surface area contributed by atoms with Crippen LogP contribution in [0, 0.1) is 6.92 Å². The number of carbonyl (C=O) groups is 1. The van der Waals surface area contributed by atoms with Gasteiger partial charge in [-0.05, 0) is 44.5 Å². The summed E-state index contributed by atoms with van der Waals surface area (Å²) in [7, 11) is 0. The quantitative estimate of drug-likeness (QED) is 0.477. The first-order chi connectivity index (χ1) is 11.9. The summed E-state index contributed by atoms with van der Waals surface area (Å²) in [6.07, 6.45) is 3.78. The summed E-state index contributed by atoms with van der Waals surface area (Å²) in [5, 5.41) is 27.0. The van der Waals surface area contributed by atoms with Gasteiger partial charge in [0.2, 0.25) is 0 Å². The zero-order valence-corrected chi connectivity index (χ0v) is 14.4. The molecule has 2 rings (SSSR count). The lowest BCUT2D eigenvalue weighted by atomic mass is 10.0. The molecule has 7 nitrogen and oxygen atoms in total. The molecule has 0 spiro atoms. The number of pyridine rings is 1. The maximum atomic E-state index is 12.2. The minimum atomic E-state index is -0.513. The maximum absolute atomic E-state index is 12.2. The van der Waals surface area contributed by atoms with Crippen LogP contribution in [-0.4, -0.2) is 32.9 Å².